The third-order valence-corrected chi connectivity index (χ3v) is 2.99. The van der Waals surface area contributed by atoms with Gasteiger partial charge in [-0.2, -0.15) is 0 Å². The molecule has 22 heavy (non-hydrogen) atoms. The molecule has 0 fully saturated rings. The number of amides is 2. The number of carbonyl (C=O) groups is 2. The summed E-state index contributed by atoms with van der Waals surface area (Å²) in [5.41, 5.74) is 0.371. The zero-order valence-electron chi connectivity index (χ0n) is 13.2. The van der Waals surface area contributed by atoms with E-state index in [4.69, 9.17) is 16.3 Å². The Balaban J connectivity index is 2.61. The maximum atomic E-state index is 12.2. The molecule has 1 aromatic carbocycles. The van der Waals surface area contributed by atoms with Gasteiger partial charge in [-0.05, 0) is 38.5 Å². The number of halogens is 1. The van der Waals surface area contributed by atoms with E-state index >= 15 is 0 Å². The van der Waals surface area contributed by atoms with Gasteiger partial charge in [0.05, 0.1) is 11.7 Å². The number of hydrogen-bond acceptors (Lipinski definition) is 3. The Morgan fingerprint density at radius 3 is 2.59 bits per heavy atom. The van der Waals surface area contributed by atoms with E-state index in [1.54, 1.807) is 18.2 Å². The summed E-state index contributed by atoms with van der Waals surface area (Å²) in [4.78, 5) is 23.7. The van der Waals surface area contributed by atoms with Crippen LogP contribution in [-0.4, -0.2) is 31.0 Å². The van der Waals surface area contributed by atoms with Gasteiger partial charge in [0.25, 0.3) is 5.91 Å². The summed E-state index contributed by atoms with van der Waals surface area (Å²) in [6, 6.07) is 4.91. The second-order valence-electron chi connectivity index (χ2n) is 5.16. The summed E-state index contributed by atoms with van der Waals surface area (Å²) in [5, 5.41) is 5.93. The summed E-state index contributed by atoms with van der Waals surface area (Å²) in [7, 11) is 0. The molecule has 0 aliphatic rings. The molecule has 2 N–H and O–H groups in total. The first-order valence-corrected chi connectivity index (χ1v) is 7.83. The second-order valence-corrected chi connectivity index (χ2v) is 5.60. The lowest BCUT2D eigenvalue weighted by atomic mass is 10.2. The highest BCUT2D eigenvalue weighted by atomic mass is 35.5. The predicted molar refractivity (Wildman–Crippen MR) is 87.5 cm³/mol. The molecule has 0 spiro atoms. The quantitative estimate of drug-likeness (QED) is 0.772. The van der Waals surface area contributed by atoms with Gasteiger partial charge in [0.15, 0.2) is 0 Å². The maximum Gasteiger partial charge on any atom is 0.255 e. The molecule has 6 heteroatoms. The van der Waals surface area contributed by atoms with Crippen molar-refractivity contribution in [2.24, 2.45) is 0 Å². The van der Waals surface area contributed by atoms with Gasteiger partial charge in [0.2, 0.25) is 5.91 Å². The van der Waals surface area contributed by atoms with Gasteiger partial charge in [-0.15, -0.1) is 0 Å². The summed E-state index contributed by atoms with van der Waals surface area (Å²) in [5.74, 6) is 0.0978. The van der Waals surface area contributed by atoms with Gasteiger partial charge in [-0.3, -0.25) is 9.59 Å². The fraction of sp³-hybridized carbons (Fsp3) is 0.500. The Hall–Kier alpha value is -1.75. The van der Waals surface area contributed by atoms with Crippen LogP contribution in [-0.2, 0) is 4.79 Å². The number of ether oxygens (including phenoxy) is 1. The second kappa shape index (κ2) is 9.30. The molecule has 5 nitrogen and oxygen atoms in total. The topological polar surface area (TPSA) is 67.4 Å². The molecule has 0 radical (unpaired) electrons. The van der Waals surface area contributed by atoms with Crippen molar-refractivity contribution >= 4 is 23.4 Å². The third kappa shape index (κ3) is 6.35. The van der Waals surface area contributed by atoms with E-state index in [0.717, 1.165) is 6.42 Å². The smallest absolute Gasteiger partial charge is 0.255 e. The van der Waals surface area contributed by atoms with Crippen molar-refractivity contribution < 1.29 is 14.3 Å². The minimum Gasteiger partial charge on any atom is -0.490 e. The normalized spacial score (nSPS) is 10.4. The Morgan fingerprint density at radius 1 is 1.23 bits per heavy atom. The van der Waals surface area contributed by atoms with Gasteiger partial charge in [0, 0.05) is 24.5 Å². The van der Waals surface area contributed by atoms with Gasteiger partial charge >= 0.3 is 0 Å². The minimum absolute atomic E-state index is 0.0486. The van der Waals surface area contributed by atoms with E-state index < -0.39 is 0 Å². The number of rotatable bonds is 8. The lowest BCUT2D eigenvalue weighted by Gasteiger charge is -2.14. The van der Waals surface area contributed by atoms with E-state index in [1.807, 2.05) is 20.8 Å². The van der Waals surface area contributed by atoms with E-state index in [1.165, 1.54) is 0 Å². The van der Waals surface area contributed by atoms with Gasteiger partial charge in [-0.25, -0.2) is 0 Å². The zero-order chi connectivity index (χ0) is 16.5. The first-order chi connectivity index (χ1) is 10.4. The van der Waals surface area contributed by atoms with Crippen molar-refractivity contribution in [1.82, 2.24) is 10.6 Å². The molecule has 122 valence electrons. The molecule has 0 heterocycles. The van der Waals surface area contributed by atoms with Crippen molar-refractivity contribution in [3.63, 3.8) is 0 Å². The van der Waals surface area contributed by atoms with Gasteiger partial charge in [0.1, 0.15) is 5.75 Å². The lowest BCUT2D eigenvalue weighted by molar-refractivity contribution is -0.120. The van der Waals surface area contributed by atoms with Crippen LogP contribution in [0.25, 0.3) is 0 Å². The van der Waals surface area contributed by atoms with Crippen molar-refractivity contribution in [2.45, 2.75) is 39.7 Å². The molecule has 0 bridgehead atoms. The third-order valence-electron chi connectivity index (χ3n) is 2.76. The number of carbonyl (C=O) groups excluding carboxylic acids is 2. The van der Waals surface area contributed by atoms with Crippen LogP contribution in [0.4, 0.5) is 0 Å². The van der Waals surface area contributed by atoms with Crippen molar-refractivity contribution in [3.05, 3.63) is 28.8 Å². The van der Waals surface area contributed by atoms with E-state index in [2.05, 4.69) is 10.6 Å². The SMILES string of the molecule is CCCNC(=O)CCNC(=O)c1cc(Cl)ccc1OC(C)C. The van der Waals surface area contributed by atoms with Crippen molar-refractivity contribution in [2.75, 3.05) is 13.1 Å². The van der Waals surface area contributed by atoms with Crippen LogP contribution in [0.2, 0.25) is 5.02 Å². The summed E-state index contributed by atoms with van der Waals surface area (Å²) in [6.45, 7) is 6.66. The van der Waals surface area contributed by atoms with Crippen LogP contribution in [0, 0.1) is 0 Å². The minimum atomic E-state index is -0.304. The van der Waals surface area contributed by atoms with E-state index in [-0.39, 0.29) is 30.9 Å². The summed E-state index contributed by atoms with van der Waals surface area (Å²) in [6.07, 6.45) is 1.08. The van der Waals surface area contributed by atoms with Gasteiger partial charge in [-0.1, -0.05) is 18.5 Å². The Kier molecular flexibility index (Phi) is 7.74. The molecule has 0 atom stereocenters. The average Bonchev–Trinajstić information content (AvgIpc) is 2.46. The molecular formula is C16H23ClN2O3. The van der Waals surface area contributed by atoms with E-state index in [9.17, 15) is 9.59 Å². The first-order valence-electron chi connectivity index (χ1n) is 7.45. The highest BCUT2D eigenvalue weighted by molar-refractivity contribution is 6.31. The molecule has 0 saturated heterocycles. The first kappa shape index (κ1) is 18.3. The largest absolute Gasteiger partial charge is 0.490 e. The molecule has 0 aliphatic heterocycles. The zero-order valence-corrected chi connectivity index (χ0v) is 14.0. The molecule has 0 saturated carbocycles. The highest BCUT2D eigenvalue weighted by Crippen LogP contribution is 2.23. The fourth-order valence-electron chi connectivity index (χ4n) is 1.77. The fourth-order valence-corrected chi connectivity index (χ4v) is 1.95. The van der Waals surface area contributed by atoms with E-state index in [0.29, 0.717) is 22.9 Å². The molecular weight excluding hydrogens is 304 g/mol. The van der Waals surface area contributed by atoms with Crippen LogP contribution in [0.1, 0.15) is 44.0 Å². The van der Waals surface area contributed by atoms with Crippen LogP contribution in [0.5, 0.6) is 5.75 Å². The molecule has 1 rings (SSSR count). The average molecular weight is 327 g/mol. The Morgan fingerprint density at radius 2 is 1.95 bits per heavy atom. The lowest BCUT2D eigenvalue weighted by Crippen LogP contribution is -2.31. The van der Waals surface area contributed by atoms with Crippen molar-refractivity contribution in [1.29, 1.82) is 0 Å². The Labute approximate surface area is 136 Å². The van der Waals surface area contributed by atoms with Crippen LogP contribution < -0.4 is 15.4 Å². The number of benzene rings is 1. The van der Waals surface area contributed by atoms with Crippen LogP contribution in [0.15, 0.2) is 18.2 Å². The van der Waals surface area contributed by atoms with Crippen molar-refractivity contribution in [3.8, 4) is 5.75 Å². The summed E-state index contributed by atoms with van der Waals surface area (Å²) >= 11 is 5.94. The van der Waals surface area contributed by atoms with Crippen LogP contribution >= 0.6 is 11.6 Å². The molecule has 1 aromatic rings. The highest BCUT2D eigenvalue weighted by Gasteiger charge is 2.14. The Bertz CT molecular complexity index is 518. The number of nitrogens with one attached hydrogen (secondary N) is 2. The maximum absolute atomic E-state index is 12.2. The van der Waals surface area contributed by atoms with Crippen LogP contribution in [0.3, 0.4) is 0 Å². The predicted octanol–water partition coefficient (Wildman–Crippen LogP) is 2.77. The monoisotopic (exact) mass is 326 g/mol. The molecule has 0 unspecified atom stereocenters. The summed E-state index contributed by atoms with van der Waals surface area (Å²) < 4.78 is 5.60. The standard InChI is InChI=1S/C16H23ClN2O3/c1-4-8-18-15(20)7-9-19-16(21)13-10-12(17)5-6-14(13)22-11(2)3/h5-6,10-11H,4,7-9H2,1-3H3,(H,18,20)(H,19,21). The molecule has 0 aromatic heterocycles. The number of hydrogen-bond donors (Lipinski definition) is 2. The molecule has 2 amide bonds. The van der Waals surface area contributed by atoms with Gasteiger partial charge < -0.3 is 15.4 Å². The molecule has 0 aliphatic carbocycles.